The van der Waals surface area contributed by atoms with Crippen LogP contribution in [0.1, 0.15) is 117 Å². The van der Waals surface area contributed by atoms with Crippen molar-refractivity contribution in [1.29, 1.82) is 0 Å². The van der Waals surface area contributed by atoms with E-state index in [9.17, 15) is 24.0 Å². The Morgan fingerprint density at radius 3 is 1.76 bits per heavy atom. The molecule has 0 radical (unpaired) electrons. The van der Waals surface area contributed by atoms with Gasteiger partial charge in [0, 0.05) is 129 Å². The summed E-state index contributed by atoms with van der Waals surface area (Å²) >= 11 is 0. The third-order valence-corrected chi connectivity index (χ3v) is 16.3. The molecule has 0 aromatic carbocycles. The number of hydrogen-bond donors (Lipinski definition) is 3. The predicted octanol–water partition coefficient (Wildman–Crippen LogP) is 5.21. The second-order valence-electron chi connectivity index (χ2n) is 22.1. The van der Waals surface area contributed by atoms with Crippen molar-refractivity contribution in [3.8, 4) is 17.2 Å². The number of pyridine rings is 3. The highest BCUT2D eigenvalue weighted by Gasteiger charge is 2.48. The Morgan fingerprint density at radius 2 is 1.20 bits per heavy atom. The Labute approximate surface area is 434 Å². The van der Waals surface area contributed by atoms with Crippen LogP contribution in [0.25, 0.3) is 0 Å². The summed E-state index contributed by atoms with van der Waals surface area (Å²) in [5, 5.41) is 9.99. The van der Waals surface area contributed by atoms with Crippen LogP contribution in [0, 0.1) is 5.41 Å². The standard InChI is InChI=1S/C20H26N4O2.C18H26N4O3.C16H22N4O3/c1-14-3-4-20(23(14)2)7-9-24(13-20)18(25)15-11-16-17(21-12-15)22-19(5-6-19)8-10-26-16;1-12(23)21(4)14-5-6-22(9-14)17(24)13-7-15-16(19-8-13)20-10-18(2,3)11-25-15;1-11(21)19(2)13-4-6-20(10-13)16(22)12-8-14-15(18-9-12)17-5-3-7-23-14/h11-12H,1,3-10,13H2,2H3,(H,21,22);7-8,14H,5-6,9-11H2,1-4H3,(H,19,20);8-9,13H,3-7,10H2,1-2H3,(H,17,18)/t;14-;13-/m.00/s1. The molecule has 74 heavy (non-hydrogen) atoms. The second-order valence-corrected chi connectivity index (χ2v) is 22.1. The van der Waals surface area contributed by atoms with E-state index in [1.165, 1.54) is 18.5 Å². The minimum Gasteiger partial charge on any atom is -0.490 e. The minimum absolute atomic E-state index is 0.00429. The van der Waals surface area contributed by atoms with Gasteiger partial charge in [-0.25, -0.2) is 15.0 Å². The highest BCUT2D eigenvalue weighted by Crippen LogP contribution is 2.46. The largest absolute Gasteiger partial charge is 0.490 e. The lowest BCUT2D eigenvalue weighted by Gasteiger charge is -2.33. The Hall–Kier alpha value is -6.86. The number of amides is 5. The second kappa shape index (κ2) is 21.2. The Bertz CT molecular complexity index is 2660. The first-order valence-corrected chi connectivity index (χ1v) is 26.2. The summed E-state index contributed by atoms with van der Waals surface area (Å²) < 4.78 is 17.4. The minimum atomic E-state index is -0.0677. The molecule has 1 aliphatic carbocycles. The molecular formula is C54H74N12O8. The van der Waals surface area contributed by atoms with Crippen LogP contribution in [-0.2, 0) is 9.59 Å². The van der Waals surface area contributed by atoms with Gasteiger partial charge in [0.05, 0.1) is 54.1 Å². The fraction of sp³-hybridized carbons (Fsp3) is 0.593. The van der Waals surface area contributed by atoms with Crippen molar-refractivity contribution in [2.24, 2.45) is 5.41 Å². The van der Waals surface area contributed by atoms with E-state index in [0.29, 0.717) is 91.6 Å². The molecule has 3 atom stereocenters. The van der Waals surface area contributed by atoms with Crippen molar-refractivity contribution >= 4 is 47.0 Å². The number of hydrogen-bond acceptors (Lipinski definition) is 15. The Balaban J connectivity index is 0.000000137. The zero-order valence-corrected chi connectivity index (χ0v) is 44.3. The first-order valence-electron chi connectivity index (χ1n) is 26.2. The molecule has 7 aliphatic heterocycles. The number of nitrogens with one attached hydrogen (secondary N) is 3. The third kappa shape index (κ3) is 11.3. The summed E-state index contributed by atoms with van der Waals surface area (Å²) in [5.74, 6) is 4.07. The van der Waals surface area contributed by atoms with Crippen molar-refractivity contribution in [2.45, 2.75) is 109 Å². The van der Waals surface area contributed by atoms with Gasteiger partial charge in [-0.1, -0.05) is 20.4 Å². The lowest BCUT2D eigenvalue weighted by atomic mass is 9.95. The first-order chi connectivity index (χ1) is 35.3. The van der Waals surface area contributed by atoms with Crippen LogP contribution in [0.5, 0.6) is 17.2 Å². The molecule has 0 bridgehead atoms. The van der Waals surface area contributed by atoms with E-state index < -0.39 is 0 Å². The molecule has 10 heterocycles. The summed E-state index contributed by atoms with van der Waals surface area (Å²) in [5.41, 5.74) is 3.10. The molecule has 2 spiro atoms. The van der Waals surface area contributed by atoms with E-state index in [0.717, 1.165) is 76.9 Å². The molecule has 5 fully saturated rings. The SMILES string of the molecule is C=C1CCC2(CCN(C(=O)c3cnc4c(c3)OCCC3(CC3)N4)C2)N1C.CC(=O)N(C)[C@H]1CCN(C(=O)c2cnc3c(c2)OCC(C)(C)CN3)C1.CC(=O)N(C)[C@H]1CCN(C(=O)c2cnc3c(c2)OCCCN3)C1. The maximum atomic E-state index is 13.1. The highest BCUT2D eigenvalue weighted by molar-refractivity contribution is 5.96. The van der Waals surface area contributed by atoms with Gasteiger partial charge in [-0.15, -0.1) is 0 Å². The summed E-state index contributed by atoms with van der Waals surface area (Å²) in [6.07, 6.45) is 13.9. The number of nitrogens with zero attached hydrogens (tertiary/aromatic N) is 9. The van der Waals surface area contributed by atoms with E-state index in [4.69, 9.17) is 14.2 Å². The zero-order chi connectivity index (χ0) is 52.5. The van der Waals surface area contributed by atoms with E-state index in [2.05, 4.69) is 63.3 Å². The molecule has 398 valence electrons. The van der Waals surface area contributed by atoms with Crippen molar-refractivity contribution in [3.63, 3.8) is 0 Å². The van der Waals surface area contributed by atoms with Gasteiger partial charge in [-0.2, -0.15) is 0 Å². The third-order valence-electron chi connectivity index (χ3n) is 16.3. The number of aromatic nitrogens is 3. The van der Waals surface area contributed by atoms with Gasteiger partial charge >= 0.3 is 0 Å². The lowest BCUT2D eigenvalue weighted by molar-refractivity contribution is -0.130. The summed E-state index contributed by atoms with van der Waals surface area (Å²) in [4.78, 5) is 85.9. The van der Waals surface area contributed by atoms with Crippen LogP contribution in [0.15, 0.2) is 49.1 Å². The van der Waals surface area contributed by atoms with Crippen LogP contribution in [0.4, 0.5) is 17.5 Å². The summed E-state index contributed by atoms with van der Waals surface area (Å²) in [6, 6.07) is 5.55. The molecule has 3 N–H and O–H groups in total. The van der Waals surface area contributed by atoms with Gasteiger partial charge in [0.25, 0.3) is 17.7 Å². The topological polar surface area (TPSA) is 207 Å². The zero-order valence-electron chi connectivity index (χ0n) is 44.3. The fourth-order valence-corrected chi connectivity index (χ4v) is 10.8. The highest BCUT2D eigenvalue weighted by atomic mass is 16.5. The predicted molar refractivity (Wildman–Crippen MR) is 280 cm³/mol. The molecule has 11 rings (SSSR count). The van der Waals surface area contributed by atoms with Gasteiger partial charge in [0.15, 0.2) is 34.7 Å². The van der Waals surface area contributed by atoms with E-state index in [1.54, 1.807) is 78.3 Å². The molecular weight excluding hydrogens is 945 g/mol. The number of rotatable bonds is 5. The van der Waals surface area contributed by atoms with Gasteiger partial charge in [-0.05, 0) is 69.6 Å². The monoisotopic (exact) mass is 1020 g/mol. The van der Waals surface area contributed by atoms with E-state index in [1.807, 2.05) is 11.0 Å². The molecule has 20 nitrogen and oxygen atoms in total. The van der Waals surface area contributed by atoms with Crippen LogP contribution in [0.3, 0.4) is 0 Å². The normalized spacial score (nSPS) is 23.6. The maximum Gasteiger partial charge on any atom is 0.255 e. The smallest absolute Gasteiger partial charge is 0.255 e. The Kier molecular flexibility index (Phi) is 14.9. The van der Waals surface area contributed by atoms with E-state index >= 15 is 0 Å². The van der Waals surface area contributed by atoms with Gasteiger partial charge < -0.3 is 59.6 Å². The number of allylic oxidation sites excluding steroid dienone is 1. The number of likely N-dealkylation sites (N-methyl/N-ethyl adjacent to an activating group) is 3. The number of fused-ring (bicyclic) bond motifs is 3. The van der Waals surface area contributed by atoms with Crippen LogP contribution < -0.4 is 30.2 Å². The lowest BCUT2D eigenvalue weighted by Crippen LogP contribution is -2.44. The number of anilines is 3. The molecule has 20 heteroatoms. The van der Waals surface area contributed by atoms with Crippen molar-refractivity contribution in [3.05, 3.63) is 65.8 Å². The number of carbonyl (C=O) groups is 5. The molecule has 3 aromatic heterocycles. The van der Waals surface area contributed by atoms with Crippen LogP contribution in [-0.4, -0.2) is 190 Å². The number of ether oxygens (including phenoxy) is 3. The molecule has 1 unspecified atom stereocenters. The quantitative estimate of drug-likeness (QED) is 0.300. The van der Waals surface area contributed by atoms with E-state index in [-0.39, 0.29) is 58.1 Å². The van der Waals surface area contributed by atoms with Gasteiger partial charge in [0.1, 0.15) is 0 Å². The van der Waals surface area contributed by atoms with Crippen molar-refractivity contribution in [2.75, 3.05) is 109 Å². The number of carbonyl (C=O) groups excluding carboxylic acids is 5. The molecule has 8 aliphatic rings. The average Bonchev–Trinajstić information content (AvgIpc) is 3.63. The summed E-state index contributed by atoms with van der Waals surface area (Å²) in [6.45, 7) is 18.9. The molecule has 4 saturated heterocycles. The van der Waals surface area contributed by atoms with Crippen LogP contribution >= 0.6 is 0 Å². The number of likely N-dealkylation sites (tertiary alicyclic amines) is 4. The average molecular weight is 1020 g/mol. The van der Waals surface area contributed by atoms with Crippen molar-refractivity contribution in [1.82, 2.24) is 44.4 Å². The Morgan fingerprint density at radius 1 is 0.676 bits per heavy atom. The molecule has 1 saturated carbocycles. The van der Waals surface area contributed by atoms with Crippen LogP contribution in [0.2, 0.25) is 0 Å². The molecule has 3 aromatic rings. The summed E-state index contributed by atoms with van der Waals surface area (Å²) in [7, 11) is 5.68. The fourth-order valence-electron chi connectivity index (χ4n) is 10.8. The van der Waals surface area contributed by atoms with Gasteiger partial charge in [0.2, 0.25) is 11.8 Å². The van der Waals surface area contributed by atoms with Gasteiger partial charge in [-0.3, -0.25) is 24.0 Å². The first kappa shape index (κ1) is 52.0. The van der Waals surface area contributed by atoms with Crippen molar-refractivity contribution < 1.29 is 38.2 Å². The molecule has 5 amide bonds. The maximum absolute atomic E-state index is 13.1.